The van der Waals surface area contributed by atoms with Crippen LogP contribution in [-0.4, -0.2) is 10.8 Å². The predicted octanol–water partition coefficient (Wildman–Crippen LogP) is 2.35. The second kappa shape index (κ2) is 5.53. The number of nitro groups is 1. The zero-order chi connectivity index (χ0) is 13.0. The number of aryl methyl sites for hydroxylation is 1. The van der Waals surface area contributed by atoms with Crippen LogP contribution in [0.4, 0.5) is 5.69 Å². The lowest BCUT2D eigenvalue weighted by Crippen LogP contribution is -1.94. The summed E-state index contributed by atoms with van der Waals surface area (Å²) in [5.74, 6) is -0.459. The summed E-state index contributed by atoms with van der Waals surface area (Å²) in [6.07, 6.45) is 0.178. The van der Waals surface area contributed by atoms with Gasteiger partial charge in [0.15, 0.2) is 0 Å². The normalized spacial score (nSPS) is 12.4. The van der Waals surface area contributed by atoms with Gasteiger partial charge in [0.25, 0.3) is 5.69 Å². The van der Waals surface area contributed by atoms with Crippen LogP contribution in [0.25, 0.3) is 0 Å². The fourth-order valence-electron chi connectivity index (χ4n) is 1.15. The summed E-state index contributed by atoms with van der Waals surface area (Å²) in [6, 6.07) is 4.00. The fourth-order valence-corrected chi connectivity index (χ4v) is 2.03. The standard InChI is InChI=1S/C10H11N2O4S/c1-3-10(13)11-17(16)8-4-5-9(12(14)15)7(2)6-8/h4-6H,3H2,1-2H3/q-1. The Labute approximate surface area is 100 Å². The average molecular weight is 255 g/mol. The third kappa shape index (κ3) is 3.35. The Morgan fingerprint density at radius 3 is 2.65 bits per heavy atom. The van der Waals surface area contributed by atoms with Crippen molar-refractivity contribution in [2.45, 2.75) is 25.2 Å². The third-order valence-corrected chi connectivity index (χ3v) is 3.08. The number of amides is 1. The van der Waals surface area contributed by atoms with Gasteiger partial charge in [-0.05, 0) is 6.92 Å². The lowest BCUT2D eigenvalue weighted by atomic mass is 10.2. The molecule has 0 fully saturated rings. The molecule has 1 aromatic carbocycles. The van der Waals surface area contributed by atoms with E-state index in [4.69, 9.17) is 0 Å². The Morgan fingerprint density at radius 2 is 2.18 bits per heavy atom. The quantitative estimate of drug-likeness (QED) is 0.471. The van der Waals surface area contributed by atoms with E-state index < -0.39 is 21.4 Å². The summed E-state index contributed by atoms with van der Waals surface area (Å²) in [4.78, 5) is 21.3. The van der Waals surface area contributed by atoms with E-state index in [-0.39, 0.29) is 17.0 Å². The molecule has 0 radical (unpaired) electrons. The highest BCUT2D eigenvalue weighted by Gasteiger charge is 2.08. The van der Waals surface area contributed by atoms with Crippen LogP contribution in [0, 0.1) is 17.0 Å². The molecule has 0 saturated heterocycles. The molecule has 0 aromatic heterocycles. The van der Waals surface area contributed by atoms with Crippen molar-refractivity contribution in [2.75, 3.05) is 0 Å². The Hall–Kier alpha value is -1.76. The molecule has 17 heavy (non-hydrogen) atoms. The Kier molecular flexibility index (Phi) is 4.33. The van der Waals surface area contributed by atoms with E-state index in [1.54, 1.807) is 13.8 Å². The minimum Gasteiger partial charge on any atom is -0.440 e. The predicted molar refractivity (Wildman–Crippen MR) is 61.9 cm³/mol. The first-order valence-corrected chi connectivity index (χ1v) is 5.98. The lowest BCUT2D eigenvalue weighted by Gasteiger charge is -2.06. The molecule has 1 amide bonds. The number of nitro benzene ring substituents is 1. The number of hydrogen-bond acceptors (Lipinski definition) is 5. The van der Waals surface area contributed by atoms with E-state index in [0.29, 0.717) is 5.56 Å². The molecule has 0 bridgehead atoms. The lowest BCUT2D eigenvalue weighted by molar-refractivity contribution is -0.385. The number of carbonyl (C=O) groups is 1. The van der Waals surface area contributed by atoms with Crippen LogP contribution in [0.1, 0.15) is 18.9 Å². The summed E-state index contributed by atoms with van der Waals surface area (Å²) < 4.78 is 15.0. The van der Waals surface area contributed by atoms with Crippen molar-refractivity contribution in [3.63, 3.8) is 0 Å². The topological polar surface area (TPSA) is 89.6 Å². The second-order valence-electron chi connectivity index (χ2n) is 3.29. The van der Waals surface area contributed by atoms with Gasteiger partial charge in [-0.2, -0.15) is 10.6 Å². The van der Waals surface area contributed by atoms with E-state index in [0.717, 1.165) is 0 Å². The fraction of sp³-hybridized carbons (Fsp3) is 0.300. The molecule has 0 N–H and O–H groups in total. The van der Waals surface area contributed by atoms with Crippen molar-refractivity contribution in [2.24, 2.45) is 4.36 Å². The van der Waals surface area contributed by atoms with Crippen molar-refractivity contribution in [1.29, 1.82) is 0 Å². The molecule has 1 aromatic rings. The SMILES string of the molecule is CCC(=O)N=[S-](=O)c1ccc([N+](=O)[O-])c(C)c1. The van der Waals surface area contributed by atoms with Crippen molar-refractivity contribution in [3.8, 4) is 0 Å². The molecule has 0 aliphatic rings. The zero-order valence-corrected chi connectivity index (χ0v) is 10.2. The van der Waals surface area contributed by atoms with E-state index in [2.05, 4.69) is 4.36 Å². The Balaban J connectivity index is 3.14. The van der Waals surface area contributed by atoms with Gasteiger partial charge in [-0.25, -0.2) is 0 Å². The molecule has 0 unspecified atom stereocenters. The minimum atomic E-state index is -1.79. The van der Waals surface area contributed by atoms with Gasteiger partial charge in [-0.15, -0.1) is 0 Å². The summed E-state index contributed by atoms with van der Waals surface area (Å²) in [5, 5.41) is 10.6. The van der Waals surface area contributed by atoms with Crippen LogP contribution in [0.15, 0.2) is 27.5 Å². The first-order chi connectivity index (χ1) is 7.95. The molecule has 0 spiro atoms. The van der Waals surface area contributed by atoms with E-state index in [9.17, 15) is 19.1 Å². The number of rotatable bonds is 3. The number of carbonyl (C=O) groups excluding carboxylic acids is 1. The summed E-state index contributed by atoms with van der Waals surface area (Å²) in [7, 11) is -1.79. The van der Waals surface area contributed by atoms with Crippen LogP contribution in [-0.2, 0) is 19.6 Å². The molecule has 0 heterocycles. The Morgan fingerprint density at radius 1 is 1.53 bits per heavy atom. The van der Waals surface area contributed by atoms with Gasteiger partial charge >= 0.3 is 0 Å². The summed E-state index contributed by atoms with van der Waals surface area (Å²) in [5.41, 5.74) is 0.340. The first kappa shape index (κ1) is 13.3. The highest BCUT2D eigenvalue weighted by Crippen LogP contribution is 2.19. The van der Waals surface area contributed by atoms with Crippen LogP contribution in [0.5, 0.6) is 0 Å². The van der Waals surface area contributed by atoms with Crippen molar-refractivity contribution in [3.05, 3.63) is 33.9 Å². The first-order valence-electron chi connectivity index (χ1n) is 4.87. The maximum absolute atomic E-state index is 11.6. The van der Waals surface area contributed by atoms with Gasteiger partial charge < -0.3 is 8.57 Å². The average Bonchev–Trinajstić information content (AvgIpc) is 2.28. The molecule has 6 nitrogen and oxygen atoms in total. The molecule has 92 valence electrons. The van der Waals surface area contributed by atoms with Gasteiger partial charge in [-0.3, -0.25) is 14.9 Å². The van der Waals surface area contributed by atoms with Crippen molar-refractivity contribution in [1.82, 2.24) is 0 Å². The monoisotopic (exact) mass is 255 g/mol. The van der Waals surface area contributed by atoms with Crippen LogP contribution in [0.3, 0.4) is 0 Å². The number of nitrogens with zero attached hydrogens (tertiary/aromatic N) is 2. The van der Waals surface area contributed by atoms with E-state index in [1.807, 2.05) is 0 Å². The Bertz CT molecular complexity index is 547. The van der Waals surface area contributed by atoms with E-state index >= 15 is 0 Å². The summed E-state index contributed by atoms with van der Waals surface area (Å²) >= 11 is 0. The summed E-state index contributed by atoms with van der Waals surface area (Å²) in [6.45, 7) is 3.16. The maximum Gasteiger partial charge on any atom is 0.272 e. The van der Waals surface area contributed by atoms with Gasteiger partial charge in [0.2, 0.25) is 5.91 Å². The van der Waals surface area contributed by atoms with Gasteiger partial charge in [-0.1, -0.05) is 24.0 Å². The molecule has 7 heteroatoms. The maximum atomic E-state index is 11.6. The van der Waals surface area contributed by atoms with Crippen molar-refractivity contribution >= 4 is 22.2 Å². The molecule has 1 rings (SSSR count). The number of benzene rings is 1. The zero-order valence-electron chi connectivity index (χ0n) is 9.37. The van der Waals surface area contributed by atoms with Crippen LogP contribution < -0.4 is 0 Å². The van der Waals surface area contributed by atoms with Gasteiger partial charge in [0.1, 0.15) is 0 Å². The number of hydrogen-bond donors (Lipinski definition) is 0. The smallest absolute Gasteiger partial charge is 0.272 e. The largest absolute Gasteiger partial charge is 0.440 e. The highest BCUT2D eigenvalue weighted by molar-refractivity contribution is 7.75. The van der Waals surface area contributed by atoms with Crippen LogP contribution in [0.2, 0.25) is 0 Å². The van der Waals surface area contributed by atoms with Gasteiger partial charge in [0.05, 0.1) is 4.92 Å². The molecule has 0 aliphatic heterocycles. The second-order valence-corrected chi connectivity index (χ2v) is 4.45. The molecule has 0 atom stereocenters. The minimum absolute atomic E-state index is 0.0485. The van der Waals surface area contributed by atoms with Crippen LogP contribution >= 0.6 is 0 Å². The molecule has 0 aliphatic carbocycles. The van der Waals surface area contributed by atoms with Crippen molar-refractivity contribution < 1.29 is 13.9 Å². The van der Waals surface area contributed by atoms with Gasteiger partial charge in [0, 0.05) is 18.1 Å². The third-order valence-electron chi connectivity index (χ3n) is 2.05. The molecule has 0 saturated carbocycles. The molecular formula is C10H11N2O4S-. The molecular weight excluding hydrogens is 244 g/mol. The van der Waals surface area contributed by atoms with E-state index in [1.165, 1.54) is 18.2 Å². The highest BCUT2D eigenvalue weighted by atomic mass is 32.2.